The molecule has 1 aromatic carbocycles. The van der Waals surface area contributed by atoms with Crippen molar-refractivity contribution in [1.29, 1.82) is 0 Å². The second-order valence-corrected chi connectivity index (χ2v) is 7.66. The Labute approximate surface area is 138 Å². The van der Waals surface area contributed by atoms with E-state index in [9.17, 15) is 0 Å². The van der Waals surface area contributed by atoms with Gasteiger partial charge in [0.2, 0.25) is 0 Å². The molecule has 1 unspecified atom stereocenters. The molecule has 5 heteroatoms. The van der Waals surface area contributed by atoms with Crippen molar-refractivity contribution in [3.05, 3.63) is 45.1 Å². The van der Waals surface area contributed by atoms with Gasteiger partial charge in [0.25, 0.3) is 0 Å². The Balaban J connectivity index is 2.07. The topological polar surface area (TPSA) is 51.8 Å². The van der Waals surface area contributed by atoms with Crippen molar-refractivity contribution in [2.45, 2.75) is 32.7 Å². The summed E-state index contributed by atoms with van der Waals surface area (Å²) < 4.78 is 0.898. The number of benzene rings is 1. The smallest absolute Gasteiger partial charge is 0.160 e. The number of hydrogen-bond donors (Lipinski definition) is 1. The van der Waals surface area contributed by atoms with Crippen LogP contribution in [0.1, 0.15) is 37.6 Å². The molecule has 2 aromatic rings. The van der Waals surface area contributed by atoms with Crippen molar-refractivity contribution in [3.8, 4) is 11.4 Å². The van der Waals surface area contributed by atoms with Crippen molar-refractivity contribution in [3.63, 3.8) is 0 Å². The van der Waals surface area contributed by atoms with Crippen LogP contribution in [0.4, 0.5) is 0 Å². The molecule has 0 fully saturated rings. The number of hydrogen-bond acceptors (Lipinski definition) is 3. The maximum atomic E-state index is 6.25. The van der Waals surface area contributed by atoms with Crippen molar-refractivity contribution in [2.75, 3.05) is 0 Å². The van der Waals surface area contributed by atoms with Gasteiger partial charge in [-0.15, -0.1) is 0 Å². The highest BCUT2D eigenvalue weighted by Gasteiger charge is 2.31. The minimum absolute atomic E-state index is 0.0199. The highest BCUT2D eigenvalue weighted by Crippen LogP contribution is 2.39. The molecule has 3 nitrogen and oxygen atoms in total. The van der Waals surface area contributed by atoms with Gasteiger partial charge >= 0.3 is 0 Å². The maximum absolute atomic E-state index is 6.25. The number of rotatable bonds is 1. The highest BCUT2D eigenvalue weighted by molar-refractivity contribution is 9.10. The Morgan fingerprint density at radius 2 is 2.14 bits per heavy atom. The van der Waals surface area contributed by atoms with E-state index in [1.165, 1.54) is 0 Å². The average molecular weight is 367 g/mol. The number of nitrogens with two attached hydrogens (primary N) is 1. The Morgan fingerprint density at radius 1 is 1.38 bits per heavy atom. The molecule has 0 radical (unpaired) electrons. The van der Waals surface area contributed by atoms with E-state index in [-0.39, 0.29) is 11.5 Å². The molecule has 0 saturated carbocycles. The molecule has 1 aliphatic carbocycles. The summed E-state index contributed by atoms with van der Waals surface area (Å²) in [6, 6.07) is 5.66. The van der Waals surface area contributed by atoms with Gasteiger partial charge in [-0.3, -0.25) is 0 Å². The van der Waals surface area contributed by atoms with Gasteiger partial charge in [-0.2, -0.15) is 0 Å². The van der Waals surface area contributed by atoms with Gasteiger partial charge in [0, 0.05) is 38.6 Å². The highest BCUT2D eigenvalue weighted by atomic mass is 79.9. The van der Waals surface area contributed by atoms with E-state index in [1.807, 2.05) is 24.4 Å². The molecular formula is C16H17BrClN3. The molecule has 21 heavy (non-hydrogen) atoms. The van der Waals surface area contributed by atoms with Crippen LogP contribution in [0.2, 0.25) is 5.02 Å². The lowest BCUT2D eigenvalue weighted by Gasteiger charge is -2.34. The molecule has 2 N–H and O–H groups in total. The number of nitrogens with zero attached hydrogens (tertiary/aromatic N) is 2. The first-order valence-electron chi connectivity index (χ1n) is 6.92. The summed E-state index contributed by atoms with van der Waals surface area (Å²) >= 11 is 9.51. The number of aromatic nitrogens is 2. The average Bonchev–Trinajstić information content (AvgIpc) is 2.36. The van der Waals surface area contributed by atoms with Crippen LogP contribution in [0.5, 0.6) is 0 Å². The van der Waals surface area contributed by atoms with Crippen molar-refractivity contribution >= 4 is 27.5 Å². The van der Waals surface area contributed by atoms with Crippen LogP contribution in [-0.4, -0.2) is 9.97 Å². The minimum atomic E-state index is 0.0199. The largest absolute Gasteiger partial charge is 0.324 e. The van der Waals surface area contributed by atoms with Gasteiger partial charge in [-0.25, -0.2) is 9.97 Å². The van der Waals surface area contributed by atoms with Gasteiger partial charge in [-0.1, -0.05) is 25.4 Å². The molecule has 0 amide bonds. The Bertz CT molecular complexity index is 700. The fraction of sp³-hybridized carbons (Fsp3) is 0.375. The first-order chi connectivity index (χ1) is 9.85. The van der Waals surface area contributed by atoms with E-state index in [2.05, 4.69) is 34.8 Å². The molecule has 0 saturated heterocycles. The van der Waals surface area contributed by atoms with Gasteiger partial charge < -0.3 is 5.73 Å². The molecule has 110 valence electrons. The van der Waals surface area contributed by atoms with Crippen LogP contribution in [0.3, 0.4) is 0 Å². The molecule has 1 heterocycles. The van der Waals surface area contributed by atoms with E-state index in [4.69, 9.17) is 22.3 Å². The molecule has 1 aliphatic rings. The zero-order chi connectivity index (χ0) is 15.2. The van der Waals surface area contributed by atoms with Crippen LogP contribution in [0.15, 0.2) is 28.9 Å². The fourth-order valence-electron chi connectivity index (χ4n) is 2.91. The monoisotopic (exact) mass is 365 g/mol. The molecule has 1 atom stereocenters. The van der Waals surface area contributed by atoms with Gasteiger partial charge in [-0.05, 0) is 52.4 Å². The molecule has 1 aromatic heterocycles. The van der Waals surface area contributed by atoms with E-state index in [1.54, 1.807) is 0 Å². The van der Waals surface area contributed by atoms with Crippen molar-refractivity contribution in [2.24, 2.45) is 11.1 Å². The zero-order valence-electron chi connectivity index (χ0n) is 12.0. The summed E-state index contributed by atoms with van der Waals surface area (Å²) in [7, 11) is 0. The van der Waals surface area contributed by atoms with E-state index in [0.29, 0.717) is 10.8 Å². The summed E-state index contributed by atoms with van der Waals surface area (Å²) in [6.07, 6.45) is 3.77. The first-order valence-corrected chi connectivity index (χ1v) is 8.10. The fourth-order valence-corrected chi connectivity index (χ4v) is 3.77. The SMILES string of the molecule is CC1(C)Cc2nc(-c3ccc(Cl)cc3Br)ncc2C(N)C1. The zero-order valence-corrected chi connectivity index (χ0v) is 14.4. The second kappa shape index (κ2) is 5.34. The lowest BCUT2D eigenvalue weighted by molar-refractivity contribution is 0.278. The summed E-state index contributed by atoms with van der Waals surface area (Å²) in [5.41, 5.74) is 9.51. The predicted molar refractivity (Wildman–Crippen MR) is 89.2 cm³/mol. The van der Waals surface area contributed by atoms with Crippen LogP contribution >= 0.6 is 27.5 Å². The third-order valence-corrected chi connectivity index (χ3v) is 4.78. The molecule has 3 rings (SSSR count). The summed E-state index contributed by atoms with van der Waals surface area (Å²) in [5, 5.41) is 0.687. The van der Waals surface area contributed by atoms with E-state index in [0.717, 1.165) is 34.1 Å². The third-order valence-electron chi connectivity index (χ3n) is 3.89. The predicted octanol–water partition coefficient (Wildman–Crippen LogP) is 4.53. The van der Waals surface area contributed by atoms with Crippen molar-refractivity contribution < 1.29 is 0 Å². The van der Waals surface area contributed by atoms with Crippen LogP contribution in [0, 0.1) is 5.41 Å². The second-order valence-electron chi connectivity index (χ2n) is 6.37. The molecule has 0 bridgehead atoms. The van der Waals surface area contributed by atoms with Gasteiger partial charge in [0.1, 0.15) is 0 Å². The lowest BCUT2D eigenvalue weighted by atomic mass is 9.74. The van der Waals surface area contributed by atoms with Crippen LogP contribution < -0.4 is 5.73 Å². The quantitative estimate of drug-likeness (QED) is 0.806. The molecular weight excluding hydrogens is 350 g/mol. The van der Waals surface area contributed by atoms with Crippen molar-refractivity contribution in [1.82, 2.24) is 9.97 Å². The summed E-state index contributed by atoms with van der Waals surface area (Å²) in [5.74, 6) is 0.710. The van der Waals surface area contributed by atoms with E-state index >= 15 is 0 Å². The van der Waals surface area contributed by atoms with Crippen LogP contribution in [0.25, 0.3) is 11.4 Å². The first kappa shape index (κ1) is 14.9. The lowest BCUT2D eigenvalue weighted by Crippen LogP contribution is -2.30. The van der Waals surface area contributed by atoms with E-state index < -0.39 is 0 Å². The summed E-state index contributed by atoms with van der Waals surface area (Å²) in [6.45, 7) is 4.46. The maximum Gasteiger partial charge on any atom is 0.160 e. The minimum Gasteiger partial charge on any atom is -0.324 e. The van der Waals surface area contributed by atoms with Gasteiger partial charge in [0.15, 0.2) is 5.82 Å². The Kier molecular flexibility index (Phi) is 3.80. The van der Waals surface area contributed by atoms with Gasteiger partial charge in [0.05, 0.1) is 0 Å². The summed E-state index contributed by atoms with van der Waals surface area (Å²) in [4.78, 5) is 9.24. The number of fused-ring (bicyclic) bond motifs is 1. The molecule has 0 aliphatic heterocycles. The third kappa shape index (κ3) is 2.98. The standard InChI is InChI=1S/C16H17BrClN3/c1-16(2)6-13(19)11-8-20-15(21-14(11)7-16)10-4-3-9(18)5-12(10)17/h3-5,8,13H,6-7,19H2,1-2H3. The normalized spacial score (nSPS) is 20.1. The van der Waals surface area contributed by atoms with Crippen LogP contribution in [-0.2, 0) is 6.42 Å². The molecule has 0 spiro atoms. The Hall–Kier alpha value is -0.970. The Morgan fingerprint density at radius 3 is 2.86 bits per heavy atom. The number of halogens is 2.